The lowest BCUT2D eigenvalue weighted by molar-refractivity contribution is -0.180. The van der Waals surface area contributed by atoms with Crippen molar-refractivity contribution >= 4 is 5.78 Å². The molecule has 0 aromatic carbocycles. The Kier molecular flexibility index (Phi) is 3.53. The summed E-state index contributed by atoms with van der Waals surface area (Å²) in [7, 11) is 0. The van der Waals surface area contributed by atoms with Crippen molar-refractivity contribution in [3.05, 3.63) is 0 Å². The highest BCUT2D eigenvalue weighted by Crippen LogP contribution is 2.02. The quantitative estimate of drug-likeness (QED) is 0.594. The Balaban J connectivity index is 3.46. The number of carbonyl (C=O) groups is 1. The molecule has 3 nitrogen and oxygen atoms in total. The number of aliphatic hydroxyl groups is 1. The van der Waals surface area contributed by atoms with Gasteiger partial charge >= 0.3 is 0 Å². The molecule has 3 heteroatoms. The Morgan fingerprint density at radius 1 is 1.60 bits per heavy atom. The van der Waals surface area contributed by atoms with E-state index in [1.54, 1.807) is 6.92 Å². The van der Waals surface area contributed by atoms with Crippen LogP contribution in [0.1, 0.15) is 27.2 Å². The lowest BCUT2D eigenvalue weighted by Gasteiger charge is -2.16. The first-order valence-electron chi connectivity index (χ1n) is 3.33. The molecule has 0 amide bonds. The molecule has 0 radical (unpaired) electrons. The van der Waals surface area contributed by atoms with Gasteiger partial charge in [0, 0.05) is 6.42 Å². The monoisotopic (exact) mass is 146 g/mol. The van der Waals surface area contributed by atoms with Crippen molar-refractivity contribution < 1.29 is 14.6 Å². The predicted molar refractivity (Wildman–Crippen MR) is 37.5 cm³/mol. The van der Waals surface area contributed by atoms with Gasteiger partial charge in [0.1, 0.15) is 6.61 Å². The minimum absolute atomic E-state index is 0.000000000000000222. The number of rotatable bonds is 4. The highest BCUT2D eigenvalue weighted by atomic mass is 16.6. The topological polar surface area (TPSA) is 46.5 Å². The van der Waals surface area contributed by atoms with Gasteiger partial charge in [-0.05, 0) is 13.8 Å². The summed E-state index contributed by atoms with van der Waals surface area (Å²) in [5.74, 6) is -1.19. The van der Waals surface area contributed by atoms with E-state index in [1.807, 2.05) is 0 Å². The average Bonchev–Trinajstić information content (AvgIpc) is 1.81. The summed E-state index contributed by atoms with van der Waals surface area (Å²) in [6.45, 7) is 4.75. The van der Waals surface area contributed by atoms with Crippen LogP contribution in [0.3, 0.4) is 0 Å². The van der Waals surface area contributed by atoms with E-state index in [-0.39, 0.29) is 12.4 Å². The van der Waals surface area contributed by atoms with Gasteiger partial charge in [-0.15, -0.1) is 0 Å². The molecular weight excluding hydrogens is 132 g/mol. The zero-order valence-corrected chi connectivity index (χ0v) is 6.68. The van der Waals surface area contributed by atoms with E-state index in [2.05, 4.69) is 0 Å². The molecule has 10 heavy (non-hydrogen) atoms. The molecule has 0 fully saturated rings. The van der Waals surface area contributed by atoms with Gasteiger partial charge in [-0.3, -0.25) is 4.79 Å². The maximum Gasteiger partial charge on any atom is 0.160 e. The lowest BCUT2D eigenvalue weighted by Crippen LogP contribution is -2.26. The first kappa shape index (κ1) is 9.59. The standard InChI is InChI=1S/C7H14O3/c1-4-6(8)5-10-7(2,3)9/h9H,4-5H2,1-3H3. The van der Waals surface area contributed by atoms with Crippen LogP contribution in [0, 0.1) is 0 Å². The van der Waals surface area contributed by atoms with Gasteiger partial charge in [0.2, 0.25) is 0 Å². The van der Waals surface area contributed by atoms with Crippen molar-refractivity contribution in [1.82, 2.24) is 0 Å². The second-order valence-electron chi connectivity index (χ2n) is 2.63. The molecule has 0 aliphatic heterocycles. The Bertz CT molecular complexity index is 113. The van der Waals surface area contributed by atoms with Gasteiger partial charge in [-0.1, -0.05) is 6.92 Å². The number of hydrogen-bond acceptors (Lipinski definition) is 3. The summed E-state index contributed by atoms with van der Waals surface area (Å²) in [5.41, 5.74) is 0. The van der Waals surface area contributed by atoms with E-state index < -0.39 is 5.79 Å². The third-order valence-corrected chi connectivity index (χ3v) is 0.981. The molecule has 0 aromatic rings. The van der Waals surface area contributed by atoms with Gasteiger partial charge in [-0.2, -0.15) is 0 Å². The zero-order chi connectivity index (χ0) is 8.20. The molecule has 0 heterocycles. The van der Waals surface area contributed by atoms with E-state index >= 15 is 0 Å². The van der Waals surface area contributed by atoms with Gasteiger partial charge in [0.05, 0.1) is 0 Å². The maximum absolute atomic E-state index is 10.6. The number of ketones is 1. The van der Waals surface area contributed by atoms with Crippen LogP contribution in [0.5, 0.6) is 0 Å². The van der Waals surface area contributed by atoms with Crippen LogP contribution in [0.15, 0.2) is 0 Å². The molecule has 0 atom stereocenters. The third kappa shape index (κ3) is 5.72. The van der Waals surface area contributed by atoms with Crippen LogP contribution in [-0.2, 0) is 9.53 Å². The fraction of sp³-hybridized carbons (Fsp3) is 0.857. The Hall–Kier alpha value is -0.410. The molecule has 0 rings (SSSR count). The Morgan fingerprint density at radius 3 is 2.40 bits per heavy atom. The van der Waals surface area contributed by atoms with Gasteiger partial charge in [0.25, 0.3) is 0 Å². The van der Waals surface area contributed by atoms with Gasteiger partial charge in [0.15, 0.2) is 11.6 Å². The van der Waals surface area contributed by atoms with Crippen LogP contribution in [-0.4, -0.2) is 23.3 Å². The van der Waals surface area contributed by atoms with E-state index in [0.717, 1.165) is 0 Å². The van der Waals surface area contributed by atoms with Crippen LogP contribution in [0.25, 0.3) is 0 Å². The van der Waals surface area contributed by atoms with E-state index in [4.69, 9.17) is 9.84 Å². The van der Waals surface area contributed by atoms with Crippen molar-refractivity contribution in [3.63, 3.8) is 0 Å². The van der Waals surface area contributed by atoms with Crippen molar-refractivity contribution in [1.29, 1.82) is 0 Å². The van der Waals surface area contributed by atoms with E-state index in [0.29, 0.717) is 6.42 Å². The predicted octanol–water partition coefficient (Wildman–Crippen LogP) is 0.711. The van der Waals surface area contributed by atoms with Crippen LogP contribution < -0.4 is 0 Å². The molecule has 60 valence electrons. The first-order valence-corrected chi connectivity index (χ1v) is 3.33. The van der Waals surface area contributed by atoms with Crippen LogP contribution in [0.2, 0.25) is 0 Å². The highest BCUT2D eigenvalue weighted by Gasteiger charge is 2.13. The first-order chi connectivity index (χ1) is 4.45. The number of hydrogen-bond donors (Lipinski definition) is 1. The van der Waals surface area contributed by atoms with Crippen molar-refractivity contribution in [3.8, 4) is 0 Å². The number of carbonyl (C=O) groups excluding carboxylic acids is 1. The van der Waals surface area contributed by atoms with Gasteiger partial charge in [-0.25, -0.2) is 0 Å². The Morgan fingerprint density at radius 2 is 2.10 bits per heavy atom. The fourth-order valence-corrected chi connectivity index (χ4v) is 0.359. The molecule has 0 aliphatic carbocycles. The minimum Gasteiger partial charge on any atom is -0.366 e. The maximum atomic E-state index is 10.6. The fourth-order valence-electron chi connectivity index (χ4n) is 0.359. The molecule has 0 aromatic heterocycles. The molecule has 0 saturated carbocycles. The van der Waals surface area contributed by atoms with Crippen molar-refractivity contribution in [2.75, 3.05) is 6.61 Å². The van der Waals surface area contributed by atoms with E-state index in [9.17, 15) is 4.79 Å². The summed E-state index contributed by atoms with van der Waals surface area (Å²) < 4.78 is 4.79. The van der Waals surface area contributed by atoms with Crippen LogP contribution in [0.4, 0.5) is 0 Å². The minimum atomic E-state index is -1.19. The Labute approximate surface area is 61.0 Å². The van der Waals surface area contributed by atoms with E-state index in [1.165, 1.54) is 13.8 Å². The molecule has 0 aliphatic rings. The molecule has 1 N–H and O–H groups in total. The second-order valence-corrected chi connectivity index (χ2v) is 2.63. The number of Topliss-reactive ketones (excluding diaryl/α,β-unsaturated/α-hetero) is 1. The lowest BCUT2D eigenvalue weighted by atomic mass is 10.3. The SMILES string of the molecule is CCC(=O)COC(C)(C)O. The molecule has 0 saturated heterocycles. The molecule has 0 bridgehead atoms. The molecular formula is C7H14O3. The highest BCUT2D eigenvalue weighted by molar-refractivity contribution is 5.79. The summed E-state index contributed by atoms with van der Waals surface area (Å²) in [6.07, 6.45) is 0.454. The van der Waals surface area contributed by atoms with Crippen LogP contribution >= 0.6 is 0 Å². The smallest absolute Gasteiger partial charge is 0.160 e. The van der Waals surface area contributed by atoms with Crippen molar-refractivity contribution in [2.45, 2.75) is 33.0 Å². The summed E-state index contributed by atoms with van der Waals surface area (Å²) >= 11 is 0. The summed E-state index contributed by atoms with van der Waals surface area (Å²) in [4.78, 5) is 10.6. The third-order valence-electron chi connectivity index (χ3n) is 0.981. The average molecular weight is 146 g/mol. The summed E-state index contributed by atoms with van der Waals surface area (Å²) in [6, 6.07) is 0. The second kappa shape index (κ2) is 3.68. The van der Waals surface area contributed by atoms with Gasteiger partial charge < -0.3 is 9.84 Å². The van der Waals surface area contributed by atoms with Crippen molar-refractivity contribution in [2.24, 2.45) is 0 Å². The normalized spacial score (nSPS) is 11.6. The molecule has 0 spiro atoms. The largest absolute Gasteiger partial charge is 0.366 e. The zero-order valence-electron chi connectivity index (χ0n) is 6.68. The summed E-state index contributed by atoms with van der Waals surface area (Å²) in [5, 5.41) is 8.99. The number of ether oxygens (including phenoxy) is 1. The molecule has 0 unspecified atom stereocenters.